The lowest BCUT2D eigenvalue weighted by Crippen LogP contribution is -2.10. The second-order valence-corrected chi connectivity index (χ2v) is 6.66. The summed E-state index contributed by atoms with van der Waals surface area (Å²) in [7, 11) is -3.58. The summed E-state index contributed by atoms with van der Waals surface area (Å²) in [5, 5.41) is 10.7. The topological polar surface area (TPSA) is 71.4 Å². The number of carbonyl (C=O) groups is 1. The maximum absolute atomic E-state index is 12.0. The molecule has 0 aromatic heterocycles. The highest BCUT2D eigenvalue weighted by atomic mass is 35.5. The average Bonchev–Trinajstić information content (AvgIpc) is 2.35. The summed E-state index contributed by atoms with van der Waals surface area (Å²) < 4.78 is 23.9. The van der Waals surface area contributed by atoms with Crippen molar-refractivity contribution < 1.29 is 18.3 Å². The fourth-order valence-corrected chi connectivity index (χ4v) is 3.17. The van der Waals surface area contributed by atoms with Crippen molar-refractivity contribution in [2.24, 2.45) is 0 Å². The molecule has 0 aliphatic heterocycles. The van der Waals surface area contributed by atoms with Gasteiger partial charge < -0.3 is 5.11 Å². The number of hydrogen-bond acceptors (Lipinski definition) is 3. The predicted octanol–water partition coefficient (Wildman–Crippen LogP) is 2.74. The molecule has 0 unspecified atom stereocenters. The minimum atomic E-state index is -3.58. The first-order chi connectivity index (χ1) is 8.88. The second-order valence-electron chi connectivity index (χ2n) is 4.12. The Kier molecular flexibility index (Phi) is 3.78. The van der Waals surface area contributed by atoms with Gasteiger partial charge in [-0.15, -0.1) is 0 Å². The standard InChI is InChI=1S/C13H11ClO4S/c14-11-3-1-9-2-4-12(8-10(9)7-11)19(17,18)6-5-13(15)16/h1-4,7-8H,5-6H2,(H,15,16). The van der Waals surface area contributed by atoms with Gasteiger partial charge in [-0.2, -0.15) is 0 Å². The number of rotatable bonds is 4. The van der Waals surface area contributed by atoms with Gasteiger partial charge in [-0.3, -0.25) is 4.79 Å². The van der Waals surface area contributed by atoms with E-state index in [1.165, 1.54) is 12.1 Å². The second kappa shape index (κ2) is 5.19. The summed E-state index contributed by atoms with van der Waals surface area (Å²) in [6, 6.07) is 9.87. The lowest BCUT2D eigenvalue weighted by atomic mass is 10.1. The largest absolute Gasteiger partial charge is 0.481 e. The first kappa shape index (κ1) is 13.8. The molecule has 0 saturated heterocycles. The molecule has 0 bridgehead atoms. The van der Waals surface area contributed by atoms with Gasteiger partial charge in [0.1, 0.15) is 0 Å². The summed E-state index contributed by atoms with van der Waals surface area (Å²) in [5.41, 5.74) is 0. The van der Waals surface area contributed by atoms with E-state index in [-0.39, 0.29) is 4.90 Å². The summed E-state index contributed by atoms with van der Waals surface area (Å²) in [6.45, 7) is 0. The van der Waals surface area contributed by atoms with Crippen molar-refractivity contribution in [3.05, 3.63) is 41.4 Å². The number of aliphatic carboxylic acids is 1. The molecule has 6 heteroatoms. The fourth-order valence-electron chi connectivity index (χ4n) is 1.73. The van der Waals surface area contributed by atoms with Crippen LogP contribution in [0.2, 0.25) is 5.02 Å². The zero-order chi connectivity index (χ0) is 14.0. The van der Waals surface area contributed by atoms with E-state index in [1.54, 1.807) is 24.3 Å². The molecule has 2 rings (SSSR count). The highest BCUT2D eigenvalue weighted by Crippen LogP contribution is 2.23. The van der Waals surface area contributed by atoms with E-state index in [0.29, 0.717) is 10.4 Å². The normalized spacial score (nSPS) is 11.6. The Hall–Kier alpha value is -1.59. The number of sulfone groups is 1. The summed E-state index contributed by atoms with van der Waals surface area (Å²) in [6.07, 6.45) is -0.407. The van der Waals surface area contributed by atoms with Gasteiger partial charge in [-0.05, 0) is 35.0 Å². The third-order valence-corrected chi connectivity index (χ3v) is 4.67. The minimum Gasteiger partial charge on any atom is -0.481 e. The Morgan fingerprint density at radius 2 is 1.79 bits per heavy atom. The van der Waals surface area contributed by atoms with Crippen LogP contribution in [-0.2, 0) is 14.6 Å². The van der Waals surface area contributed by atoms with Crippen molar-refractivity contribution >= 4 is 38.2 Å². The zero-order valence-corrected chi connectivity index (χ0v) is 11.4. The van der Waals surface area contributed by atoms with E-state index in [1.807, 2.05) is 0 Å². The fraction of sp³-hybridized carbons (Fsp3) is 0.154. The molecular formula is C13H11ClO4S. The average molecular weight is 299 g/mol. The quantitative estimate of drug-likeness (QED) is 0.942. The van der Waals surface area contributed by atoms with E-state index >= 15 is 0 Å². The Bertz CT molecular complexity index is 737. The third-order valence-electron chi connectivity index (χ3n) is 2.72. The van der Waals surface area contributed by atoms with Crippen LogP contribution in [0.1, 0.15) is 6.42 Å². The molecule has 0 fully saturated rings. The van der Waals surface area contributed by atoms with Gasteiger partial charge in [0.05, 0.1) is 17.1 Å². The highest BCUT2D eigenvalue weighted by molar-refractivity contribution is 7.91. The van der Waals surface area contributed by atoms with E-state index in [9.17, 15) is 13.2 Å². The van der Waals surface area contributed by atoms with E-state index < -0.39 is 28.0 Å². The molecule has 0 heterocycles. The van der Waals surface area contributed by atoms with Crippen molar-refractivity contribution in [1.82, 2.24) is 0 Å². The van der Waals surface area contributed by atoms with Crippen molar-refractivity contribution in [2.75, 3.05) is 5.75 Å². The van der Waals surface area contributed by atoms with Crippen LogP contribution in [0, 0.1) is 0 Å². The van der Waals surface area contributed by atoms with Gasteiger partial charge in [-0.25, -0.2) is 8.42 Å². The lowest BCUT2D eigenvalue weighted by Gasteiger charge is -2.05. The van der Waals surface area contributed by atoms with Crippen LogP contribution in [0.5, 0.6) is 0 Å². The summed E-state index contributed by atoms with van der Waals surface area (Å²) >= 11 is 5.86. The molecule has 0 aliphatic carbocycles. The van der Waals surface area contributed by atoms with Crippen LogP contribution in [0.25, 0.3) is 10.8 Å². The maximum Gasteiger partial charge on any atom is 0.304 e. The first-order valence-corrected chi connectivity index (χ1v) is 7.55. The van der Waals surface area contributed by atoms with Gasteiger partial charge in [-0.1, -0.05) is 23.7 Å². The molecule has 0 atom stereocenters. The SMILES string of the molecule is O=C(O)CCS(=O)(=O)c1ccc2ccc(Cl)cc2c1. The van der Waals surface area contributed by atoms with Gasteiger partial charge in [0, 0.05) is 5.02 Å². The molecule has 4 nitrogen and oxygen atoms in total. The van der Waals surface area contributed by atoms with E-state index in [2.05, 4.69) is 0 Å². The monoisotopic (exact) mass is 298 g/mol. The van der Waals surface area contributed by atoms with Crippen LogP contribution >= 0.6 is 11.6 Å². The molecule has 2 aromatic carbocycles. The van der Waals surface area contributed by atoms with E-state index in [4.69, 9.17) is 16.7 Å². The van der Waals surface area contributed by atoms with Gasteiger partial charge in [0.25, 0.3) is 0 Å². The molecule has 2 aromatic rings. The van der Waals surface area contributed by atoms with Crippen LogP contribution < -0.4 is 0 Å². The minimum absolute atomic E-state index is 0.114. The summed E-state index contributed by atoms with van der Waals surface area (Å²) in [5.74, 6) is -1.54. The molecule has 0 radical (unpaired) electrons. The van der Waals surface area contributed by atoms with Gasteiger partial charge >= 0.3 is 5.97 Å². The number of fused-ring (bicyclic) bond motifs is 1. The Morgan fingerprint density at radius 3 is 2.47 bits per heavy atom. The van der Waals surface area contributed by atoms with Crippen molar-refractivity contribution in [3.63, 3.8) is 0 Å². The Balaban J connectivity index is 2.42. The lowest BCUT2D eigenvalue weighted by molar-refractivity contribution is -0.136. The first-order valence-electron chi connectivity index (χ1n) is 5.52. The van der Waals surface area contributed by atoms with Crippen molar-refractivity contribution in [3.8, 4) is 0 Å². The van der Waals surface area contributed by atoms with Crippen molar-refractivity contribution in [1.29, 1.82) is 0 Å². The van der Waals surface area contributed by atoms with Crippen LogP contribution in [-0.4, -0.2) is 25.2 Å². The molecular weight excluding hydrogens is 288 g/mol. The molecule has 0 aliphatic rings. The highest BCUT2D eigenvalue weighted by Gasteiger charge is 2.16. The predicted molar refractivity (Wildman–Crippen MR) is 73.3 cm³/mol. The number of carboxylic acids is 1. The van der Waals surface area contributed by atoms with Crippen LogP contribution in [0.4, 0.5) is 0 Å². The smallest absolute Gasteiger partial charge is 0.304 e. The zero-order valence-electron chi connectivity index (χ0n) is 9.84. The number of benzene rings is 2. The van der Waals surface area contributed by atoms with Crippen LogP contribution in [0.15, 0.2) is 41.3 Å². The van der Waals surface area contributed by atoms with Gasteiger partial charge in [0.2, 0.25) is 0 Å². The molecule has 0 saturated carbocycles. The summed E-state index contributed by atoms with van der Waals surface area (Å²) in [4.78, 5) is 10.6. The van der Waals surface area contributed by atoms with Gasteiger partial charge in [0.15, 0.2) is 9.84 Å². The number of hydrogen-bond donors (Lipinski definition) is 1. The van der Waals surface area contributed by atoms with Crippen molar-refractivity contribution in [2.45, 2.75) is 11.3 Å². The molecule has 0 spiro atoms. The van der Waals surface area contributed by atoms with E-state index in [0.717, 1.165) is 5.39 Å². The molecule has 19 heavy (non-hydrogen) atoms. The maximum atomic E-state index is 12.0. The Labute approximate surface area is 115 Å². The Morgan fingerprint density at radius 1 is 1.11 bits per heavy atom. The molecule has 1 N–H and O–H groups in total. The molecule has 100 valence electrons. The molecule has 0 amide bonds. The number of halogens is 1. The number of carboxylic acid groups (broad SMARTS) is 1. The van der Waals surface area contributed by atoms with Crippen LogP contribution in [0.3, 0.4) is 0 Å². The third kappa shape index (κ3) is 3.24.